The first kappa shape index (κ1) is 8.69. The second kappa shape index (κ2) is 3.87. The minimum atomic E-state index is 0.497. The van der Waals surface area contributed by atoms with E-state index in [-0.39, 0.29) is 0 Å². The number of hydrogen-bond donors (Lipinski definition) is 1. The first-order chi connectivity index (χ1) is 6.42. The Morgan fingerprint density at radius 1 is 1.38 bits per heavy atom. The zero-order chi connectivity index (χ0) is 9.10. The molecule has 1 aliphatic carbocycles. The highest BCUT2D eigenvalue weighted by Gasteiger charge is 2.17. The molecule has 13 heavy (non-hydrogen) atoms. The fraction of sp³-hybridized carbons (Fsp3) is 0.778. The molecule has 1 saturated carbocycles. The molecule has 0 spiro atoms. The fourth-order valence-corrected chi connectivity index (χ4v) is 2.05. The Kier molecular flexibility index (Phi) is 2.59. The van der Waals surface area contributed by atoms with Gasteiger partial charge < -0.3 is 5.73 Å². The summed E-state index contributed by atoms with van der Waals surface area (Å²) >= 11 is 0. The summed E-state index contributed by atoms with van der Waals surface area (Å²) in [6.45, 7) is 0.497. The van der Waals surface area contributed by atoms with E-state index in [1.165, 1.54) is 32.1 Å². The first-order valence-electron chi connectivity index (χ1n) is 5.00. The molecule has 0 radical (unpaired) electrons. The molecule has 2 N–H and O–H groups in total. The summed E-state index contributed by atoms with van der Waals surface area (Å²) in [7, 11) is 0. The predicted molar refractivity (Wildman–Crippen MR) is 50.0 cm³/mol. The minimum Gasteiger partial charge on any atom is -0.324 e. The maximum Gasteiger partial charge on any atom is 0.140 e. The highest BCUT2D eigenvalue weighted by molar-refractivity contribution is 4.87. The maximum atomic E-state index is 5.58. The molecule has 0 saturated heterocycles. The molecule has 0 atom stereocenters. The summed E-state index contributed by atoms with van der Waals surface area (Å²) in [5, 5.41) is 4.24. The van der Waals surface area contributed by atoms with Crippen LogP contribution in [0.25, 0.3) is 0 Å². The van der Waals surface area contributed by atoms with Crippen molar-refractivity contribution in [2.45, 2.75) is 44.7 Å². The Labute approximate surface area is 78.1 Å². The lowest BCUT2D eigenvalue weighted by molar-refractivity contribution is 0.321. The fourth-order valence-electron chi connectivity index (χ4n) is 2.05. The number of nitrogens with two attached hydrogens (primary N) is 1. The van der Waals surface area contributed by atoms with Crippen LogP contribution in [0.4, 0.5) is 0 Å². The Morgan fingerprint density at radius 2 is 2.15 bits per heavy atom. The first-order valence-corrected chi connectivity index (χ1v) is 5.00. The van der Waals surface area contributed by atoms with Gasteiger partial charge in [-0.1, -0.05) is 19.3 Å². The molecular formula is C9H16N4. The predicted octanol–water partition coefficient (Wildman–Crippen LogP) is 1.24. The van der Waals surface area contributed by atoms with E-state index in [0.29, 0.717) is 12.6 Å². The molecule has 0 unspecified atom stereocenters. The minimum absolute atomic E-state index is 0.497. The van der Waals surface area contributed by atoms with E-state index in [1.54, 1.807) is 6.33 Å². The maximum absolute atomic E-state index is 5.58. The van der Waals surface area contributed by atoms with Crippen LogP contribution in [0.3, 0.4) is 0 Å². The van der Waals surface area contributed by atoms with Crippen molar-refractivity contribution in [3.8, 4) is 0 Å². The van der Waals surface area contributed by atoms with Crippen LogP contribution >= 0.6 is 0 Å². The summed E-state index contributed by atoms with van der Waals surface area (Å²) in [6, 6.07) is 0.551. The van der Waals surface area contributed by atoms with Gasteiger partial charge >= 0.3 is 0 Å². The largest absolute Gasteiger partial charge is 0.324 e. The van der Waals surface area contributed by atoms with Crippen LogP contribution in [-0.2, 0) is 6.54 Å². The van der Waals surface area contributed by atoms with Crippen molar-refractivity contribution >= 4 is 0 Å². The lowest BCUT2D eigenvalue weighted by atomic mass is 9.96. The van der Waals surface area contributed by atoms with Crippen LogP contribution in [0.5, 0.6) is 0 Å². The topological polar surface area (TPSA) is 56.7 Å². The summed E-state index contributed by atoms with van der Waals surface area (Å²) in [4.78, 5) is 4.14. The molecule has 0 aromatic carbocycles. The van der Waals surface area contributed by atoms with E-state index in [0.717, 1.165) is 5.82 Å². The zero-order valence-corrected chi connectivity index (χ0v) is 7.82. The van der Waals surface area contributed by atoms with Crippen molar-refractivity contribution in [1.82, 2.24) is 14.8 Å². The highest BCUT2D eigenvalue weighted by atomic mass is 15.4. The highest BCUT2D eigenvalue weighted by Crippen LogP contribution is 2.27. The van der Waals surface area contributed by atoms with Crippen LogP contribution in [0.2, 0.25) is 0 Å². The van der Waals surface area contributed by atoms with Gasteiger partial charge in [-0.25, -0.2) is 9.67 Å². The van der Waals surface area contributed by atoms with Crippen molar-refractivity contribution in [3.63, 3.8) is 0 Å². The van der Waals surface area contributed by atoms with E-state index in [9.17, 15) is 0 Å². The summed E-state index contributed by atoms with van der Waals surface area (Å²) in [5.41, 5.74) is 5.58. The Hall–Kier alpha value is -0.900. The smallest absolute Gasteiger partial charge is 0.140 e. The molecule has 1 aromatic rings. The second-order valence-corrected chi connectivity index (χ2v) is 3.62. The molecule has 1 aromatic heterocycles. The Bertz CT molecular complexity index is 262. The van der Waals surface area contributed by atoms with Gasteiger partial charge in [0, 0.05) is 0 Å². The zero-order valence-electron chi connectivity index (χ0n) is 7.82. The van der Waals surface area contributed by atoms with Gasteiger partial charge in [-0.3, -0.25) is 0 Å². The number of hydrogen-bond acceptors (Lipinski definition) is 3. The lowest BCUT2D eigenvalue weighted by Gasteiger charge is -2.22. The van der Waals surface area contributed by atoms with E-state index in [4.69, 9.17) is 5.73 Å². The van der Waals surface area contributed by atoms with Gasteiger partial charge in [-0.15, -0.1) is 0 Å². The molecule has 1 heterocycles. The molecule has 72 valence electrons. The van der Waals surface area contributed by atoms with Crippen LogP contribution in [0, 0.1) is 0 Å². The molecule has 1 fully saturated rings. The van der Waals surface area contributed by atoms with Gasteiger partial charge in [0.2, 0.25) is 0 Å². The second-order valence-electron chi connectivity index (χ2n) is 3.62. The molecule has 2 rings (SSSR count). The third-order valence-corrected chi connectivity index (χ3v) is 2.75. The van der Waals surface area contributed by atoms with Gasteiger partial charge in [0.1, 0.15) is 12.2 Å². The number of aromatic nitrogens is 3. The molecule has 0 aliphatic heterocycles. The van der Waals surface area contributed by atoms with Crippen LogP contribution in [0.1, 0.15) is 44.0 Å². The Morgan fingerprint density at radius 3 is 2.85 bits per heavy atom. The van der Waals surface area contributed by atoms with Gasteiger partial charge in [-0.2, -0.15) is 5.10 Å². The molecule has 4 nitrogen and oxygen atoms in total. The van der Waals surface area contributed by atoms with Crippen molar-refractivity contribution in [2.24, 2.45) is 5.73 Å². The average Bonchev–Trinajstić information content (AvgIpc) is 2.67. The van der Waals surface area contributed by atoms with Crippen molar-refractivity contribution in [3.05, 3.63) is 12.2 Å². The standard InChI is InChI=1S/C9H16N4/c10-6-9-11-7-12-13(9)8-4-2-1-3-5-8/h7-8H,1-6,10H2. The molecular weight excluding hydrogens is 164 g/mol. The third kappa shape index (κ3) is 1.72. The van der Waals surface area contributed by atoms with E-state index < -0.39 is 0 Å². The normalized spacial score (nSPS) is 19.2. The van der Waals surface area contributed by atoms with Gasteiger partial charge in [-0.05, 0) is 12.8 Å². The summed E-state index contributed by atoms with van der Waals surface area (Å²) < 4.78 is 2.01. The molecule has 0 bridgehead atoms. The third-order valence-electron chi connectivity index (χ3n) is 2.75. The van der Waals surface area contributed by atoms with E-state index in [2.05, 4.69) is 10.1 Å². The molecule has 0 amide bonds. The van der Waals surface area contributed by atoms with E-state index in [1.807, 2.05) is 4.68 Å². The summed E-state index contributed by atoms with van der Waals surface area (Å²) in [6.07, 6.45) is 8.07. The quantitative estimate of drug-likeness (QED) is 0.745. The van der Waals surface area contributed by atoms with Crippen LogP contribution < -0.4 is 5.73 Å². The van der Waals surface area contributed by atoms with Gasteiger partial charge in [0.15, 0.2) is 0 Å². The lowest BCUT2D eigenvalue weighted by Crippen LogP contribution is -2.18. The number of rotatable bonds is 2. The SMILES string of the molecule is NCc1ncnn1C1CCCCC1. The molecule has 4 heteroatoms. The van der Waals surface area contributed by atoms with E-state index >= 15 is 0 Å². The molecule has 1 aliphatic rings. The van der Waals surface area contributed by atoms with Gasteiger partial charge in [0.25, 0.3) is 0 Å². The van der Waals surface area contributed by atoms with Crippen LogP contribution in [-0.4, -0.2) is 14.8 Å². The van der Waals surface area contributed by atoms with Gasteiger partial charge in [0.05, 0.1) is 12.6 Å². The average molecular weight is 180 g/mol. The van der Waals surface area contributed by atoms with Crippen molar-refractivity contribution in [2.75, 3.05) is 0 Å². The van der Waals surface area contributed by atoms with Crippen molar-refractivity contribution in [1.29, 1.82) is 0 Å². The van der Waals surface area contributed by atoms with Crippen molar-refractivity contribution < 1.29 is 0 Å². The Balaban J connectivity index is 2.13. The number of nitrogens with zero attached hydrogens (tertiary/aromatic N) is 3. The summed E-state index contributed by atoms with van der Waals surface area (Å²) in [5.74, 6) is 0.923. The van der Waals surface area contributed by atoms with Crippen LogP contribution in [0.15, 0.2) is 6.33 Å². The monoisotopic (exact) mass is 180 g/mol.